The molecular formula is C17H21Cl2NO4S. The molecule has 138 valence electrons. The molecule has 5 nitrogen and oxygen atoms in total. The number of hydrogen-bond donors (Lipinski definition) is 0. The highest BCUT2D eigenvalue weighted by Gasteiger charge is 2.39. The van der Waals surface area contributed by atoms with Crippen molar-refractivity contribution in [2.24, 2.45) is 0 Å². The second-order valence-electron chi connectivity index (χ2n) is 6.69. The second kappa shape index (κ2) is 7.72. The van der Waals surface area contributed by atoms with E-state index >= 15 is 0 Å². The molecule has 2 fully saturated rings. The standard InChI is InChI=1S/C17H21Cl2NO4S/c18-12-7-13(19)9-16(8-12)24-10-17(21)20(14-3-1-2-4-14)15-5-6-25(22,23)11-15/h7-9,14-15H,1-6,10-11H2. The first kappa shape index (κ1) is 18.8. The summed E-state index contributed by atoms with van der Waals surface area (Å²) in [4.78, 5) is 14.6. The van der Waals surface area contributed by atoms with Gasteiger partial charge in [-0.05, 0) is 37.5 Å². The highest BCUT2D eigenvalue weighted by atomic mass is 35.5. The third kappa shape index (κ3) is 4.80. The van der Waals surface area contributed by atoms with Crippen molar-refractivity contribution in [1.82, 2.24) is 4.90 Å². The Morgan fingerprint density at radius 3 is 2.28 bits per heavy atom. The topological polar surface area (TPSA) is 63.7 Å². The molecule has 1 unspecified atom stereocenters. The fraction of sp³-hybridized carbons (Fsp3) is 0.588. The normalized spacial score (nSPS) is 22.9. The van der Waals surface area contributed by atoms with Gasteiger partial charge in [0.05, 0.1) is 11.5 Å². The van der Waals surface area contributed by atoms with Gasteiger partial charge in [0.1, 0.15) is 5.75 Å². The highest BCUT2D eigenvalue weighted by Crippen LogP contribution is 2.30. The Hall–Kier alpha value is -0.980. The number of hydrogen-bond acceptors (Lipinski definition) is 4. The molecule has 0 aromatic heterocycles. The second-order valence-corrected chi connectivity index (χ2v) is 9.79. The number of sulfone groups is 1. The van der Waals surface area contributed by atoms with E-state index in [0.717, 1.165) is 25.7 Å². The molecule has 1 atom stereocenters. The lowest BCUT2D eigenvalue weighted by molar-refractivity contribution is -0.137. The molecular weight excluding hydrogens is 385 g/mol. The number of halogens is 2. The van der Waals surface area contributed by atoms with Crippen molar-refractivity contribution in [3.05, 3.63) is 28.2 Å². The van der Waals surface area contributed by atoms with E-state index in [9.17, 15) is 13.2 Å². The summed E-state index contributed by atoms with van der Waals surface area (Å²) in [7, 11) is -3.05. The van der Waals surface area contributed by atoms with Gasteiger partial charge in [0.25, 0.3) is 5.91 Å². The summed E-state index contributed by atoms with van der Waals surface area (Å²) >= 11 is 11.9. The number of carbonyl (C=O) groups is 1. The number of carbonyl (C=O) groups excluding carboxylic acids is 1. The maximum atomic E-state index is 12.8. The van der Waals surface area contributed by atoms with Gasteiger partial charge in [-0.3, -0.25) is 4.79 Å². The molecule has 1 saturated heterocycles. The molecule has 8 heteroatoms. The third-order valence-corrected chi connectivity index (χ3v) is 6.99. The Balaban J connectivity index is 1.70. The van der Waals surface area contributed by atoms with E-state index in [1.54, 1.807) is 23.1 Å². The number of ether oxygens (including phenoxy) is 1. The van der Waals surface area contributed by atoms with Gasteiger partial charge in [-0.15, -0.1) is 0 Å². The van der Waals surface area contributed by atoms with Crippen LogP contribution in [0.1, 0.15) is 32.1 Å². The quantitative estimate of drug-likeness (QED) is 0.753. The summed E-state index contributed by atoms with van der Waals surface area (Å²) in [5, 5.41) is 0.869. The van der Waals surface area contributed by atoms with Crippen molar-refractivity contribution >= 4 is 38.9 Å². The van der Waals surface area contributed by atoms with E-state index in [1.807, 2.05) is 0 Å². The first-order chi connectivity index (χ1) is 11.8. The van der Waals surface area contributed by atoms with E-state index < -0.39 is 9.84 Å². The lowest BCUT2D eigenvalue weighted by Crippen LogP contribution is -2.48. The number of amides is 1. The Morgan fingerprint density at radius 1 is 1.08 bits per heavy atom. The third-order valence-electron chi connectivity index (χ3n) is 4.81. The Labute approximate surface area is 158 Å². The summed E-state index contributed by atoms with van der Waals surface area (Å²) in [6.07, 6.45) is 4.49. The van der Waals surface area contributed by atoms with Crippen LogP contribution in [0.25, 0.3) is 0 Å². The van der Waals surface area contributed by atoms with Crippen molar-refractivity contribution in [3.8, 4) is 5.75 Å². The zero-order valence-electron chi connectivity index (χ0n) is 13.8. The molecule has 0 radical (unpaired) electrons. The van der Waals surface area contributed by atoms with Crippen LogP contribution in [0.4, 0.5) is 0 Å². The largest absolute Gasteiger partial charge is 0.484 e. The van der Waals surface area contributed by atoms with Gasteiger partial charge in [0, 0.05) is 22.1 Å². The molecule has 25 heavy (non-hydrogen) atoms. The Morgan fingerprint density at radius 2 is 1.72 bits per heavy atom. The molecule has 1 aliphatic heterocycles. The van der Waals surface area contributed by atoms with Crippen LogP contribution in [0.5, 0.6) is 5.75 Å². The molecule has 1 aliphatic carbocycles. The zero-order chi connectivity index (χ0) is 18.0. The predicted octanol–water partition coefficient (Wildman–Crippen LogP) is 3.33. The van der Waals surface area contributed by atoms with Crippen molar-refractivity contribution < 1.29 is 17.9 Å². The summed E-state index contributed by atoms with van der Waals surface area (Å²) < 4.78 is 29.2. The van der Waals surface area contributed by atoms with Crippen LogP contribution in [0, 0.1) is 0 Å². The first-order valence-electron chi connectivity index (χ1n) is 8.44. The van der Waals surface area contributed by atoms with Crippen molar-refractivity contribution in [2.75, 3.05) is 18.1 Å². The van der Waals surface area contributed by atoms with Gasteiger partial charge in [0.15, 0.2) is 16.4 Å². The molecule has 3 rings (SSSR count). The average Bonchev–Trinajstić information content (AvgIpc) is 3.15. The summed E-state index contributed by atoms with van der Waals surface area (Å²) in [6, 6.07) is 4.65. The van der Waals surface area contributed by atoms with Crippen LogP contribution in [0.2, 0.25) is 10.0 Å². The van der Waals surface area contributed by atoms with Crippen LogP contribution in [0.3, 0.4) is 0 Å². The first-order valence-corrected chi connectivity index (χ1v) is 11.0. The number of rotatable bonds is 5. The van der Waals surface area contributed by atoms with Crippen molar-refractivity contribution in [1.29, 1.82) is 0 Å². The Bertz CT molecular complexity index is 727. The van der Waals surface area contributed by atoms with E-state index in [4.69, 9.17) is 27.9 Å². The van der Waals surface area contributed by atoms with E-state index in [2.05, 4.69) is 0 Å². The summed E-state index contributed by atoms with van der Waals surface area (Å²) in [5.41, 5.74) is 0. The van der Waals surface area contributed by atoms with Gasteiger partial charge >= 0.3 is 0 Å². The summed E-state index contributed by atoms with van der Waals surface area (Å²) in [6.45, 7) is -0.149. The summed E-state index contributed by atoms with van der Waals surface area (Å²) in [5.74, 6) is 0.457. The van der Waals surface area contributed by atoms with Gasteiger partial charge in [-0.25, -0.2) is 8.42 Å². The van der Waals surface area contributed by atoms with Gasteiger partial charge in [0.2, 0.25) is 0 Å². The highest BCUT2D eigenvalue weighted by molar-refractivity contribution is 7.91. The molecule has 2 aliphatic rings. The maximum absolute atomic E-state index is 12.8. The number of nitrogens with zero attached hydrogens (tertiary/aromatic N) is 1. The van der Waals surface area contributed by atoms with E-state index in [0.29, 0.717) is 22.2 Å². The van der Waals surface area contributed by atoms with Crippen molar-refractivity contribution in [3.63, 3.8) is 0 Å². The minimum absolute atomic E-state index is 0.0538. The van der Waals surface area contributed by atoms with Gasteiger partial charge < -0.3 is 9.64 Å². The lowest BCUT2D eigenvalue weighted by atomic mass is 10.1. The fourth-order valence-electron chi connectivity index (χ4n) is 3.71. The SMILES string of the molecule is O=C(COc1cc(Cl)cc(Cl)c1)N(C1CCCC1)C1CCS(=O)(=O)C1. The molecule has 0 N–H and O–H groups in total. The van der Waals surface area contributed by atoms with Crippen LogP contribution in [0.15, 0.2) is 18.2 Å². The lowest BCUT2D eigenvalue weighted by Gasteiger charge is -2.34. The van der Waals surface area contributed by atoms with E-state index in [-0.39, 0.29) is 36.1 Å². The van der Waals surface area contributed by atoms with Crippen LogP contribution in [-0.2, 0) is 14.6 Å². The van der Waals surface area contributed by atoms with Gasteiger partial charge in [-0.1, -0.05) is 36.0 Å². The predicted molar refractivity (Wildman–Crippen MR) is 98.1 cm³/mol. The minimum atomic E-state index is -3.05. The van der Waals surface area contributed by atoms with Crippen LogP contribution in [-0.4, -0.2) is 49.4 Å². The molecule has 1 amide bonds. The van der Waals surface area contributed by atoms with Crippen molar-refractivity contribution in [2.45, 2.75) is 44.2 Å². The average molecular weight is 406 g/mol. The molecule has 1 aromatic rings. The van der Waals surface area contributed by atoms with E-state index in [1.165, 1.54) is 0 Å². The number of benzene rings is 1. The maximum Gasteiger partial charge on any atom is 0.261 e. The molecule has 0 spiro atoms. The smallest absolute Gasteiger partial charge is 0.261 e. The minimum Gasteiger partial charge on any atom is -0.484 e. The molecule has 1 saturated carbocycles. The van der Waals surface area contributed by atoms with Crippen LogP contribution >= 0.6 is 23.2 Å². The van der Waals surface area contributed by atoms with Crippen LogP contribution < -0.4 is 4.74 Å². The molecule has 1 heterocycles. The zero-order valence-corrected chi connectivity index (χ0v) is 16.1. The van der Waals surface area contributed by atoms with Gasteiger partial charge in [-0.2, -0.15) is 0 Å². The monoisotopic (exact) mass is 405 g/mol. The molecule has 0 bridgehead atoms. The molecule has 1 aromatic carbocycles. The fourth-order valence-corrected chi connectivity index (χ4v) is 5.93. The Kier molecular flexibility index (Phi) is 5.81.